The molecule has 0 N–H and O–H groups in total. The molecule has 1 unspecified atom stereocenters. The summed E-state index contributed by atoms with van der Waals surface area (Å²) in [6, 6.07) is 7.85. The van der Waals surface area contributed by atoms with E-state index < -0.39 is 0 Å². The highest BCUT2D eigenvalue weighted by atomic mass is 79.9. The summed E-state index contributed by atoms with van der Waals surface area (Å²) in [6.07, 6.45) is 0.0184. The molecule has 0 spiro atoms. The van der Waals surface area contributed by atoms with Crippen LogP contribution < -0.4 is 4.90 Å². The number of esters is 1. The molecule has 1 aliphatic rings. The molecule has 6 heteroatoms. The number of hydrogen-bond donors (Lipinski definition) is 0. The first-order valence-electron chi connectivity index (χ1n) is 6.27. The highest BCUT2D eigenvalue weighted by Crippen LogP contribution is 2.28. The Morgan fingerprint density at radius 2 is 2.45 bits per heavy atom. The molecule has 2 rings (SSSR count). The number of nitriles is 1. The molecule has 1 aromatic rings. The van der Waals surface area contributed by atoms with Gasteiger partial charge in [-0.15, -0.1) is 0 Å². The number of halogens is 1. The summed E-state index contributed by atoms with van der Waals surface area (Å²) in [4.78, 5) is 13.4. The lowest BCUT2D eigenvalue weighted by atomic mass is 10.1. The van der Waals surface area contributed by atoms with Crippen molar-refractivity contribution in [3.63, 3.8) is 0 Å². The number of ether oxygens (including phenoxy) is 2. The van der Waals surface area contributed by atoms with Gasteiger partial charge < -0.3 is 14.4 Å². The summed E-state index contributed by atoms with van der Waals surface area (Å²) in [5.74, 6) is -0.286. The largest absolute Gasteiger partial charge is 0.469 e. The van der Waals surface area contributed by atoms with Crippen LogP contribution in [0.4, 0.5) is 5.69 Å². The lowest BCUT2D eigenvalue weighted by Gasteiger charge is -2.34. The second kappa shape index (κ2) is 6.73. The van der Waals surface area contributed by atoms with Crippen molar-refractivity contribution in [1.29, 1.82) is 5.26 Å². The van der Waals surface area contributed by atoms with E-state index in [0.29, 0.717) is 25.3 Å². The van der Waals surface area contributed by atoms with E-state index in [-0.39, 0.29) is 18.5 Å². The molecule has 1 saturated heterocycles. The highest BCUT2D eigenvalue weighted by molar-refractivity contribution is 9.10. The van der Waals surface area contributed by atoms with Crippen molar-refractivity contribution in [1.82, 2.24) is 0 Å². The highest BCUT2D eigenvalue weighted by Gasteiger charge is 2.25. The van der Waals surface area contributed by atoms with E-state index in [2.05, 4.69) is 31.6 Å². The first-order valence-corrected chi connectivity index (χ1v) is 7.07. The first-order chi connectivity index (χ1) is 9.65. The molecule has 20 heavy (non-hydrogen) atoms. The van der Waals surface area contributed by atoms with Crippen molar-refractivity contribution >= 4 is 27.6 Å². The summed E-state index contributed by atoms with van der Waals surface area (Å²) in [6.45, 7) is 1.79. The van der Waals surface area contributed by atoms with Gasteiger partial charge in [0.1, 0.15) is 6.07 Å². The number of rotatable bonds is 3. The van der Waals surface area contributed by atoms with E-state index in [4.69, 9.17) is 4.74 Å². The van der Waals surface area contributed by atoms with Gasteiger partial charge in [0.2, 0.25) is 0 Å². The second-order valence-electron chi connectivity index (χ2n) is 4.46. The van der Waals surface area contributed by atoms with E-state index in [1.165, 1.54) is 7.11 Å². The molecule has 0 saturated carbocycles. The molecular weight excluding hydrogens is 324 g/mol. The monoisotopic (exact) mass is 338 g/mol. The van der Waals surface area contributed by atoms with Gasteiger partial charge in [-0.1, -0.05) is 6.07 Å². The molecule has 0 aromatic heterocycles. The van der Waals surface area contributed by atoms with Gasteiger partial charge >= 0.3 is 5.97 Å². The molecular formula is C14H15BrN2O3. The zero-order chi connectivity index (χ0) is 14.5. The second-order valence-corrected chi connectivity index (χ2v) is 5.32. The maximum absolute atomic E-state index is 11.3. The molecule has 0 bridgehead atoms. The lowest BCUT2D eigenvalue weighted by Crippen LogP contribution is -2.43. The molecule has 1 aliphatic heterocycles. The zero-order valence-corrected chi connectivity index (χ0v) is 12.7. The van der Waals surface area contributed by atoms with Crippen LogP contribution in [0.2, 0.25) is 0 Å². The Labute approximate surface area is 126 Å². The van der Waals surface area contributed by atoms with Crippen LogP contribution in [0, 0.1) is 11.3 Å². The van der Waals surface area contributed by atoms with Gasteiger partial charge in [-0.2, -0.15) is 5.26 Å². The van der Waals surface area contributed by atoms with Gasteiger partial charge in [0, 0.05) is 17.6 Å². The van der Waals surface area contributed by atoms with Crippen LogP contribution in [0.3, 0.4) is 0 Å². The molecule has 1 atom stereocenters. The van der Waals surface area contributed by atoms with Crippen LogP contribution in [0.25, 0.3) is 0 Å². The number of morpholine rings is 1. The Morgan fingerprint density at radius 3 is 3.15 bits per heavy atom. The number of carbonyl (C=O) groups excluding carboxylic acids is 1. The standard InChI is InChI=1S/C14H15BrN2O3/c1-19-14(18)7-10-9-17(5-6-20-10)13-4-2-3-12(15)11(13)8-16/h2-4,10H,5-7,9H2,1H3. The summed E-state index contributed by atoms with van der Waals surface area (Å²) >= 11 is 3.39. The number of anilines is 1. The van der Waals surface area contributed by atoms with Crippen LogP contribution in [-0.4, -0.2) is 38.9 Å². The Kier molecular flexibility index (Phi) is 4.99. The van der Waals surface area contributed by atoms with Crippen LogP contribution in [0.1, 0.15) is 12.0 Å². The molecule has 0 radical (unpaired) electrons. The van der Waals surface area contributed by atoms with Gasteiger partial charge in [-0.05, 0) is 28.1 Å². The third-order valence-corrected chi connectivity index (χ3v) is 3.87. The number of benzene rings is 1. The molecule has 5 nitrogen and oxygen atoms in total. The third kappa shape index (κ3) is 3.30. The SMILES string of the molecule is COC(=O)CC1CN(c2cccc(Br)c2C#N)CCO1. The van der Waals surface area contributed by atoms with Crippen LogP contribution in [0.5, 0.6) is 0 Å². The first kappa shape index (κ1) is 14.8. The van der Waals surface area contributed by atoms with Crippen molar-refractivity contribution in [3.8, 4) is 6.07 Å². The van der Waals surface area contributed by atoms with Crippen molar-refractivity contribution in [2.75, 3.05) is 31.7 Å². The average Bonchev–Trinajstić information content (AvgIpc) is 2.47. The summed E-state index contributed by atoms with van der Waals surface area (Å²) < 4.78 is 11.0. The fourth-order valence-corrected chi connectivity index (χ4v) is 2.66. The van der Waals surface area contributed by atoms with E-state index in [9.17, 15) is 10.1 Å². The summed E-state index contributed by atoms with van der Waals surface area (Å²) in [5.41, 5.74) is 1.46. The third-order valence-electron chi connectivity index (χ3n) is 3.20. The minimum absolute atomic E-state index is 0.207. The van der Waals surface area contributed by atoms with Gasteiger partial charge in [-0.25, -0.2) is 0 Å². The molecule has 1 aromatic carbocycles. The van der Waals surface area contributed by atoms with Crippen LogP contribution in [-0.2, 0) is 14.3 Å². The topological polar surface area (TPSA) is 62.6 Å². The van der Waals surface area contributed by atoms with E-state index in [0.717, 1.165) is 10.2 Å². The molecule has 1 heterocycles. The molecule has 0 aliphatic carbocycles. The predicted octanol–water partition coefficient (Wildman–Crippen LogP) is 2.09. The number of hydrogen-bond acceptors (Lipinski definition) is 5. The zero-order valence-electron chi connectivity index (χ0n) is 11.1. The summed E-state index contributed by atoms with van der Waals surface area (Å²) in [7, 11) is 1.37. The average molecular weight is 339 g/mol. The smallest absolute Gasteiger partial charge is 0.308 e. The van der Waals surface area contributed by atoms with Crippen molar-refractivity contribution in [3.05, 3.63) is 28.2 Å². The molecule has 1 fully saturated rings. The Morgan fingerprint density at radius 1 is 1.65 bits per heavy atom. The normalized spacial score (nSPS) is 18.4. The van der Waals surface area contributed by atoms with Gasteiger partial charge in [0.05, 0.1) is 37.5 Å². The minimum atomic E-state index is -0.286. The number of methoxy groups -OCH3 is 1. The minimum Gasteiger partial charge on any atom is -0.469 e. The Bertz CT molecular complexity index is 542. The van der Waals surface area contributed by atoms with Crippen molar-refractivity contribution in [2.24, 2.45) is 0 Å². The van der Waals surface area contributed by atoms with E-state index in [1.54, 1.807) is 0 Å². The van der Waals surface area contributed by atoms with E-state index in [1.807, 2.05) is 18.2 Å². The number of carbonyl (C=O) groups is 1. The summed E-state index contributed by atoms with van der Waals surface area (Å²) in [5, 5.41) is 9.27. The molecule has 0 amide bonds. The van der Waals surface area contributed by atoms with Gasteiger partial charge in [0.25, 0.3) is 0 Å². The van der Waals surface area contributed by atoms with Crippen molar-refractivity contribution < 1.29 is 14.3 Å². The Hall–Kier alpha value is -1.58. The van der Waals surface area contributed by atoms with Crippen molar-refractivity contribution in [2.45, 2.75) is 12.5 Å². The molecule has 106 valence electrons. The van der Waals surface area contributed by atoms with Crippen LogP contribution in [0.15, 0.2) is 22.7 Å². The van der Waals surface area contributed by atoms with E-state index >= 15 is 0 Å². The maximum Gasteiger partial charge on any atom is 0.308 e. The van der Waals surface area contributed by atoms with Gasteiger partial charge in [-0.3, -0.25) is 4.79 Å². The maximum atomic E-state index is 11.3. The lowest BCUT2D eigenvalue weighted by molar-refractivity contribution is -0.144. The Balaban J connectivity index is 2.15. The predicted molar refractivity (Wildman–Crippen MR) is 77.4 cm³/mol. The number of nitrogens with zero attached hydrogens (tertiary/aromatic N) is 2. The van der Waals surface area contributed by atoms with Crippen LogP contribution >= 0.6 is 15.9 Å². The van der Waals surface area contributed by atoms with Gasteiger partial charge in [0.15, 0.2) is 0 Å². The quantitative estimate of drug-likeness (QED) is 0.789. The fourth-order valence-electron chi connectivity index (χ4n) is 2.22. The fraction of sp³-hybridized carbons (Fsp3) is 0.429.